The highest BCUT2D eigenvalue weighted by atomic mass is 16.2. The van der Waals surface area contributed by atoms with E-state index in [1.54, 1.807) is 4.90 Å². The van der Waals surface area contributed by atoms with Gasteiger partial charge in [-0.05, 0) is 50.9 Å². The summed E-state index contributed by atoms with van der Waals surface area (Å²) in [6.45, 7) is 9.35. The van der Waals surface area contributed by atoms with Crippen LogP contribution >= 0.6 is 0 Å². The maximum absolute atomic E-state index is 13.2. The number of piperidine rings is 2. The number of nitrogens with one attached hydrogen (secondary N) is 2. The first-order chi connectivity index (χ1) is 12.9. The van der Waals surface area contributed by atoms with E-state index < -0.39 is 6.04 Å². The summed E-state index contributed by atoms with van der Waals surface area (Å²) in [6, 6.07) is -0.510. The highest BCUT2D eigenvalue weighted by molar-refractivity contribution is 5.88. The lowest BCUT2D eigenvalue weighted by atomic mass is 9.88. The summed E-state index contributed by atoms with van der Waals surface area (Å²) in [6.07, 6.45) is 5.15. The zero-order valence-electron chi connectivity index (χ0n) is 17.1. The molecule has 2 aliphatic heterocycles. The molecular formula is C20H36N4O3. The number of hydrogen-bond donors (Lipinski definition) is 2. The van der Waals surface area contributed by atoms with Crippen LogP contribution in [0.3, 0.4) is 0 Å². The molecule has 0 aromatic rings. The Hall–Kier alpha value is -1.79. The van der Waals surface area contributed by atoms with Crippen LogP contribution in [-0.4, -0.2) is 66.4 Å². The zero-order chi connectivity index (χ0) is 19.8. The van der Waals surface area contributed by atoms with Gasteiger partial charge in [-0.25, -0.2) is 4.79 Å². The fourth-order valence-corrected chi connectivity index (χ4v) is 3.99. The van der Waals surface area contributed by atoms with Crippen molar-refractivity contribution in [2.24, 2.45) is 11.8 Å². The molecule has 0 unspecified atom stereocenters. The molecule has 1 atom stereocenters. The van der Waals surface area contributed by atoms with Gasteiger partial charge < -0.3 is 20.4 Å². The van der Waals surface area contributed by atoms with Crippen molar-refractivity contribution in [3.63, 3.8) is 0 Å². The summed E-state index contributed by atoms with van der Waals surface area (Å²) >= 11 is 0. The SMILES string of the molecule is CCNC(=O)N1CCC([C@H](NC(=O)CC(C)C)C(=O)N2CCCCC2)CC1. The Morgan fingerprint density at radius 2 is 1.59 bits per heavy atom. The van der Waals surface area contributed by atoms with Crippen LogP contribution in [0.25, 0.3) is 0 Å². The van der Waals surface area contributed by atoms with E-state index in [0.717, 1.165) is 38.8 Å². The van der Waals surface area contributed by atoms with Crippen LogP contribution in [0.2, 0.25) is 0 Å². The molecule has 2 N–H and O–H groups in total. The lowest BCUT2D eigenvalue weighted by molar-refractivity contribution is -0.139. The number of carbonyl (C=O) groups excluding carboxylic acids is 3. The fraction of sp³-hybridized carbons (Fsp3) is 0.850. The zero-order valence-corrected chi connectivity index (χ0v) is 17.1. The molecule has 2 rings (SSSR count). The van der Waals surface area contributed by atoms with Gasteiger partial charge in [0.05, 0.1) is 0 Å². The molecule has 2 saturated heterocycles. The Labute approximate surface area is 163 Å². The monoisotopic (exact) mass is 380 g/mol. The number of urea groups is 1. The second kappa shape index (κ2) is 10.5. The third-order valence-corrected chi connectivity index (χ3v) is 5.47. The van der Waals surface area contributed by atoms with E-state index in [9.17, 15) is 14.4 Å². The third-order valence-electron chi connectivity index (χ3n) is 5.47. The number of rotatable bonds is 6. The molecule has 7 nitrogen and oxygen atoms in total. The topological polar surface area (TPSA) is 81.8 Å². The number of carbonyl (C=O) groups is 3. The summed E-state index contributed by atoms with van der Waals surface area (Å²) in [7, 11) is 0. The number of hydrogen-bond acceptors (Lipinski definition) is 3. The van der Waals surface area contributed by atoms with Crippen LogP contribution in [0.15, 0.2) is 0 Å². The molecule has 0 aliphatic carbocycles. The van der Waals surface area contributed by atoms with Gasteiger partial charge in [0.15, 0.2) is 0 Å². The molecule has 2 heterocycles. The summed E-state index contributed by atoms with van der Waals surface area (Å²) in [5.41, 5.74) is 0. The number of likely N-dealkylation sites (tertiary alicyclic amines) is 2. The van der Waals surface area contributed by atoms with Crippen molar-refractivity contribution >= 4 is 17.8 Å². The van der Waals surface area contributed by atoms with E-state index >= 15 is 0 Å². The van der Waals surface area contributed by atoms with Crippen molar-refractivity contribution in [1.29, 1.82) is 0 Å². The van der Waals surface area contributed by atoms with Crippen molar-refractivity contribution in [2.75, 3.05) is 32.7 Å². The standard InChI is InChI=1S/C20H36N4O3/c1-4-21-20(27)24-12-8-16(9-13-24)18(22-17(25)14-15(2)3)19(26)23-10-6-5-7-11-23/h15-16,18H,4-14H2,1-3H3,(H,21,27)(H,22,25)/t18-/m0/s1. The maximum Gasteiger partial charge on any atom is 0.317 e. The van der Waals surface area contributed by atoms with Crippen molar-refractivity contribution < 1.29 is 14.4 Å². The highest BCUT2D eigenvalue weighted by Crippen LogP contribution is 2.24. The summed E-state index contributed by atoms with van der Waals surface area (Å²) < 4.78 is 0. The molecule has 0 radical (unpaired) electrons. The molecule has 0 spiro atoms. The summed E-state index contributed by atoms with van der Waals surface area (Å²) in [5.74, 6) is 0.353. The first-order valence-electron chi connectivity index (χ1n) is 10.5. The van der Waals surface area contributed by atoms with Gasteiger partial charge in [0, 0.05) is 39.1 Å². The molecule has 0 aromatic heterocycles. The number of amides is 4. The lowest BCUT2D eigenvalue weighted by Crippen LogP contribution is -2.56. The van der Waals surface area contributed by atoms with Crippen molar-refractivity contribution in [2.45, 2.75) is 65.3 Å². The molecule has 27 heavy (non-hydrogen) atoms. The smallest absolute Gasteiger partial charge is 0.317 e. The molecule has 154 valence electrons. The minimum atomic E-state index is -0.467. The predicted octanol–water partition coefficient (Wildman–Crippen LogP) is 1.97. The predicted molar refractivity (Wildman–Crippen MR) is 105 cm³/mol. The van der Waals surface area contributed by atoms with Gasteiger partial charge in [-0.1, -0.05) is 13.8 Å². The van der Waals surface area contributed by atoms with Crippen molar-refractivity contribution in [3.05, 3.63) is 0 Å². The first-order valence-corrected chi connectivity index (χ1v) is 10.5. The van der Waals surface area contributed by atoms with Crippen molar-refractivity contribution in [3.8, 4) is 0 Å². The summed E-state index contributed by atoms with van der Waals surface area (Å²) in [5, 5.41) is 5.86. The second-order valence-corrected chi connectivity index (χ2v) is 8.19. The van der Waals surface area contributed by atoms with Gasteiger partial charge in [-0.15, -0.1) is 0 Å². The minimum absolute atomic E-state index is 0.0429. The van der Waals surface area contributed by atoms with E-state index in [4.69, 9.17) is 0 Å². The second-order valence-electron chi connectivity index (χ2n) is 8.19. The Morgan fingerprint density at radius 1 is 0.963 bits per heavy atom. The Bertz CT molecular complexity index is 509. The molecule has 2 fully saturated rings. The van der Waals surface area contributed by atoms with Crippen LogP contribution < -0.4 is 10.6 Å². The molecule has 7 heteroatoms. The third kappa shape index (κ3) is 6.40. The van der Waals surface area contributed by atoms with Gasteiger partial charge in [0.1, 0.15) is 6.04 Å². The Balaban J connectivity index is 2.02. The van der Waals surface area contributed by atoms with Gasteiger partial charge in [0.25, 0.3) is 0 Å². The van der Waals surface area contributed by atoms with Crippen LogP contribution in [0.4, 0.5) is 4.79 Å². The van der Waals surface area contributed by atoms with Gasteiger partial charge in [0.2, 0.25) is 11.8 Å². The van der Waals surface area contributed by atoms with E-state index in [-0.39, 0.29) is 29.7 Å². The molecule has 2 aliphatic rings. The quantitative estimate of drug-likeness (QED) is 0.739. The lowest BCUT2D eigenvalue weighted by Gasteiger charge is -2.38. The molecule has 0 saturated carbocycles. The van der Waals surface area contributed by atoms with E-state index in [0.29, 0.717) is 26.1 Å². The normalized spacial score (nSPS) is 19.7. The van der Waals surface area contributed by atoms with Gasteiger partial charge in [-0.3, -0.25) is 9.59 Å². The average Bonchev–Trinajstić information content (AvgIpc) is 2.66. The molecule has 4 amide bonds. The maximum atomic E-state index is 13.2. The van der Waals surface area contributed by atoms with Gasteiger partial charge in [-0.2, -0.15) is 0 Å². The highest BCUT2D eigenvalue weighted by Gasteiger charge is 2.36. The molecular weight excluding hydrogens is 344 g/mol. The van der Waals surface area contributed by atoms with Crippen molar-refractivity contribution in [1.82, 2.24) is 20.4 Å². The van der Waals surface area contributed by atoms with Crippen LogP contribution in [0.5, 0.6) is 0 Å². The first kappa shape index (κ1) is 21.5. The van der Waals surface area contributed by atoms with E-state index in [1.165, 1.54) is 6.42 Å². The number of nitrogens with zero attached hydrogens (tertiary/aromatic N) is 2. The van der Waals surface area contributed by atoms with E-state index in [1.807, 2.05) is 25.7 Å². The summed E-state index contributed by atoms with van der Waals surface area (Å²) in [4.78, 5) is 41.3. The van der Waals surface area contributed by atoms with Crippen LogP contribution in [0.1, 0.15) is 59.3 Å². The van der Waals surface area contributed by atoms with Crippen LogP contribution in [-0.2, 0) is 9.59 Å². The Kier molecular flexibility index (Phi) is 8.38. The van der Waals surface area contributed by atoms with Gasteiger partial charge >= 0.3 is 6.03 Å². The average molecular weight is 381 g/mol. The fourth-order valence-electron chi connectivity index (χ4n) is 3.99. The van der Waals surface area contributed by atoms with E-state index in [2.05, 4.69) is 10.6 Å². The Morgan fingerprint density at radius 3 is 2.15 bits per heavy atom. The molecule has 0 aromatic carbocycles. The minimum Gasteiger partial charge on any atom is -0.344 e. The largest absolute Gasteiger partial charge is 0.344 e. The molecule has 0 bridgehead atoms. The van der Waals surface area contributed by atoms with Crippen LogP contribution in [0, 0.1) is 11.8 Å².